The molecule has 4 saturated heterocycles. The molecular formula is C37H49N9O2. The highest BCUT2D eigenvalue weighted by atomic mass is 16.5. The molecule has 1 atom stereocenters. The number of nitrogens with zero attached hydrogens (tertiary/aromatic N) is 6. The number of aromatic nitrogens is 3. The first-order valence-corrected chi connectivity index (χ1v) is 17.9. The smallest absolute Gasteiger partial charge is 0.271 e. The van der Waals surface area contributed by atoms with E-state index >= 15 is 0 Å². The number of likely N-dealkylation sites (tertiary alicyclic amines) is 2. The summed E-state index contributed by atoms with van der Waals surface area (Å²) >= 11 is 0. The van der Waals surface area contributed by atoms with Gasteiger partial charge in [-0.25, -0.2) is 9.97 Å². The molecule has 0 bridgehead atoms. The summed E-state index contributed by atoms with van der Waals surface area (Å²) in [5.41, 5.74) is 10.8. The number of benzene rings is 1. The van der Waals surface area contributed by atoms with Crippen LogP contribution in [0.15, 0.2) is 42.6 Å². The summed E-state index contributed by atoms with van der Waals surface area (Å²) in [6.45, 7) is 9.91. The van der Waals surface area contributed by atoms with Crippen molar-refractivity contribution in [2.45, 2.75) is 76.0 Å². The van der Waals surface area contributed by atoms with Gasteiger partial charge in [-0.15, -0.1) is 0 Å². The molecule has 2 aromatic heterocycles. The van der Waals surface area contributed by atoms with E-state index < -0.39 is 5.91 Å². The third-order valence-electron chi connectivity index (χ3n) is 11.5. The lowest BCUT2D eigenvalue weighted by Crippen LogP contribution is -2.60. The minimum Gasteiger partial charge on any atom is -0.375 e. The third kappa shape index (κ3) is 6.35. The molecule has 6 heterocycles. The Labute approximate surface area is 283 Å². The Hall–Kier alpha value is -3.80. The van der Waals surface area contributed by atoms with Crippen LogP contribution in [0.5, 0.6) is 0 Å². The number of carbonyl (C=O) groups is 1. The monoisotopic (exact) mass is 651 g/mol. The first kappa shape index (κ1) is 31.5. The average Bonchev–Trinajstić information content (AvgIpc) is 3.83. The van der Waals surface area contributed by atoms with Crippen LogP contribution in [0.3, 0.4) is 0 Å². The number of ether oxygens (including phenoxy) is 1. The lowest BCUT2D eigenvalue weighted by atomic mass is 9.72. The molecule has 11 heteroatoms. The van der Waals surface area contributed by atoms with Gasteiger partial charge >= 0.3 is 0 Å². The van der Waals surface area contributed by atoms with Crippen molar-refractivity contribution in [3.63, 3.8) is 0 Å². The molecule has 254 valence electrons. The molecular weight excluding hydrogens is 602 g/mol. The molecule has 5 fully saturated rings. The van der Waals surface area contributed by atoms with Crippen molar-refractivity contribution in [2.75, 3.05) is 68.5 Å². The van der Waals surface area contributed by atoms with E-state index in [9.17, 15) is 4.79 Å². The highest BCUT2D eigenvalue weighted by Crippen LogP contribution is 2.47. The first-order valence-electron chi connectivity index (χ1n) is 17.9. The van der Waals surface area contributed by atoms with Crippen LogP contribution in [0.4, 0.5) is 23.0 Å². The summed E-state index contributed by atoms with van der Waals surface area (Å²) < 4.78 is 6.06. The number of anilines is 4. The molecule has 4 N–H and O–H groups in total. The fraction of sp³-hybridized carbons (Fsp3) is 0.568. The number of piperidine rings is 2. The minimum atomic E-state index is -0.641. The van der Waals surface area contributed by atoms with Gasteiger partial charge < -0.3 is 35.8 Å². The molecule has 4 aliphatic heterocycles. The van der Waals surface area contributed by atoms with E-state index in [0.717, 1.165) is 50.0 Å². The molecule has 48 heavy (non-hydrogen) atoms. The molecule has 1 unspecified atom stereocenters. The summed E-state index contributed by atoms with van der Waals surface area (Å²) in [6.07, 6.45) is 10.8. The summed E-state index contributed by atoms with van der Waals surface area (Å²) in [4.78, 5) is 34.9. The maximum atomic E-state index is 12.8. The Balaban J connectivity index is 0.966. The number of nitrogens with one attached hydrogen (secondary N) is 2. The molecule has 1 saturated carbocycles. The largest absolute Gasteiger partial charge is 0.375 e. The number of nitrogens with two attached hydrogens (primary N) is 1. The topological polar surface area (TPSA) is 125 Å². The summed E-state index contributed by atoms with van der Waals surface area (Å²) in [5.74, 6) is 0.286. The molecule has 2 spiro atoms. The van der Waals surface area contributed by atoms with Gasteiger partial charge in [-0.05, 0) is 120 Å². The van der Waals surface area contributed by atoms with E-state index in [0.29, 0.717) is 41.1 Å². The second-order valence-electron chi connectivity index (χ2n) is 15.1. The van der Waals surface area contributed by atoms with E-state index in [-0.39, 0.29) is 17.3 Å². The van der Waals surface area contributed by atoms with Gasteiger partial charge in [-0.1, -0.05) is 6.07 Å². The van der Waals surface area contributed by atoms with Gasteiger partial charge in [0.05, 0.1) is 11.3 Å². The molecule has 5 aliphatic rings. The lowest BCUT2D eigenvalue weighted by Gasteiger charge is -2.54. The predicted molar refractivity (Wildman–Crippen MR) is 189 cm³/mol. The third-order valence-corrected chi connectivity index (χ3v) is 11.5. The van der Waals surface area contributed by atoms with Crippen molar-refractivity contribution >= 4 is 28.9 Å². The molecule has 1 aliphatic carbocycles. The van der Waals surface area contributed by atoms with Gasteiger partial charge in [0, 0.05) is 62.4 Å². The van der Waals surface area contributed by atoms with Crippen LogP contribution in [-0.2, 0) is 4.74 Å². The van der Waals surface area contributed by atoms with Crippen LogP contribution >= 0.6 is 0 Å². The Morgan fingerprint density at radius 3 is 2.35 bits per heavy atom. The maximum Gasteiger partial charge on any atom is 0.271 e. The van der Waals surface area contributed by atoms with Crippen LogP contribution in [0.2, 0.25) is 0 Å². The standard InChI is InChI=1S/C37H49N9O2/c1-25-4-3-16-39-30(25)31-34(41-27-11-21-48-37(22-27)12-13-37)43-35(32(42-31)33(38)47)40-26-5-7-28(8-6-26)45-17-9-29(10-18-45)46-19-14-36(15-20-46)23-44(2)24-36/h3-8,16,27,29H,9-15,17-24H2,1-2H3,(H2,38,47)(H2,40,41,43). The van der Waals surface area contributed by atoms with Crippen molar-refractivity contribution in [2.24, 2.45) is 11.1 Å². The fourth-order valence-corrected chi connectivity index (χ4v) is 8.69. The van der Waals surface area contributed by atoms with Crippen molar-refractivity contribution < 1.29 is 9.53 Å². The Morgan fingerprint density at radius 2 is 1.69 bits per heavy atom. The number of aryl methyl sites for hydroxylation is 1. The number of hydrogen-bond donors (Lipinski definition) is 3. The van der Waals surface area contributed by atoms with Crippen LogP contribution < -0.4 is 21.3 Å². The predicted octanol–water partition coefficient (Wildman–Crippen LogP) is 4.81. The van der Waals surface area contributed by atoms with Crippen LogP contribution in [-0.4, -0.2) is 101 Å². The van der Waals surface area contributed by atoms with E-state index in [2.05, 4.69) is 49.5 Å². The number of carbonyl (C=O) groups excluding carboxylic acids is 1. The van der Waals surface area contributed by atoms with Gasteiger partial charge in [-0.3, -0.25) is 9.78 Å². The van der Waals surface area contributed by atoms with Gasteiger partial charge in [0.2, 0.25) is 0 Å². The number of primary amides is 1. The van der Waals surface area contributed by atoms with Crippen LogP contribution in [0.25, 0.3) is 11.4 Å². The van der Waals surface area contributed by atoms with Crippen LogP contribution in [0.1, 0.15) is 67.4 Å². The van der Waals surface area contributed by atoms with E-state index in [1.54, 1.807) is 6.20 Å². The van der Waals surface area contributed by atoms with Crippen molar-refractivity contribution in [3.8, 4) is 11.4 Å². The number of hydrogen-bond acceptors (Lipinski definition) is 10. The number of rotatable bonds is 8. The highest BCUT2D eigenvalue weighted by Gasteiger charge is 2.48. The molecule has 1 aromatic carbocycles. The van der Waals surface area contributed by atoms with Crippen molar-refractivity contribution in [3.05, 3.63) is 53.9 Å². The Kier molecular flexibility index (Phi) is 8.25. The second kappa shape index (κ2) is 12.6. The average molecular weight is 652 g/mol. The van der Waals surface area contributed by atoms with E-state index in [4.69, 9.17) is 20.4 Å². The van der Waals surface area contributed by atoms with Crippen molar-refractivity contribution in [1.82, 2.24) is 24.8 Å². The van der Waals surface area contributed by atoms with Gasteiger partial charge in [0.15, 0.2) is 17.3 Å². The lowest BCUT2D eigenvalue weighted by molar-refractivity contribution is -0.0419. The molecule has 1 amide bonds. The highest BCUT2D eigenvalue weighted by molar-refractivity contribution is 5.97. The first-order chi connectivity index (χ1) is 23.3. The molecule has 8 rings (SSSR count). The zero-order valence-corrected chi connectivity index (χ0v) is 28.4. The number of pyridine rings is 1. The summed E-state index contributed by atoms with van der Waals surface area (Å²) in [7, 11) is 2.25. The zero-order valence-electron chi connectivity index (χ0n) is 28.4. The molecule has 0 radical (unpaired) electrons. The van der Waals surface area contributed by atoms with Crippen molar-refractivity contribution in [1.29, 1.82) is 0 Å². The summed E-state index contributed by atoms with van der Waals surface area (Å²) in [5, 5.41) is 7.02. The Morgan fingerprint density at radius 1 is 0.938 bits per heavy atom. The number of amides is 1. The SMILES string of the molecule is Cc1cccnc1-c1nc(C(N)=O)c(Nc2ccc(N3CCC(N4CCC5(CC4)CN(C)C5)CC3)cc2)nc1NC1CCOC2(CC2)C1. The second-order valence-corrected chi connectivity index (χ2v) is 15.1. The molecule has 3 aromatic rings. The van der Waals surface area contributed by atoms with E-state index in [1.807, 2.05) is 31.2 Å². The van der Waals surface area contributed by atoms with Gasteiger partial charge in [-0.2, -0.15) is 0 Å². The van der Waals surface area contributed by atoms with Gasteiger partial charge in [0.1, 0.15) is 5.69 Å². The normalized spacial score (nSPS) is 24.0. The quantitative estimate of drug-likeness (QED) is 0.313. The minimum absolute atomic E-state index is 0.000273. The zero-order chi connectivity index (χ0) is 32.9. The van der Waals surface area contributed by atoms with Crippen LogP contribution in [0, 0.1) is 12.3 Å². The fourth-order valence-electron chi connectivity index (χ4n) is 8.69. The molecule has 11 nitrogen and oxygen atoms in total. The summed E-state index contributed by atoms with van der Waals surface area (Å²) in [6, 6.07) is 13.2. The van der Waals surface area contributed by atoms with E-state index in [1.165, 1.54) is 57.5 Å². The van der Waals surface area contributed by atoms with Gasteiger partial charge in [0.25, 0.3) is 5.91 Å². The Bertz CT molecular complexity index is 1630. The maximum absolute atomic E-state index is 12.8.